The van der Waals surface area contributed by atoms with Crippen LogP contribution in [0.4, 0.5) is 0 Å². The van der Waals surface area contributed by atoms with Gasteiger partial charge < -0.3 is 14.5 Å². The first kappa shape index (κ1) is 14.9. The third kappa shape index (κ3) is 4.28. The van der Waals surface area contributed by atoms with E-state index >= 15 is 0 Å². The van der Waals surface area contributed by atoms with E-state index < -0.39 is 0 Å². The first-order valence-electron chi connectivity index (χ1n) is 7.12. The van der Waals surface area contributed by atoms with Crippen molar-refractivity contribution in [3.05, 3.63) is 30.1 Å². The lowest BCUT2D eigenvalue weighted by molar-refractivity contribution is 0.0512. The smallest absolute Gasteiger partial charge is 0.254 e. The number of carbonyl (C=O) groups excluding carboxylic acids is 1. The van der Waals surface area contributed by atoms with Gasteiger partial charge in [-0.1, -0.05) is 0 Å². The van der Waals surface area contributed by atoms with Crippen molar-refractivity contribution >= 4 is 5.91 Å². The molecule has 1 fully saturated rings. The molecule has 1 saturated heterocycles. The number of amides is 1. The molecule has 110 valence electrons. The molecule has 0 bridgehead atoms. The number of hydrogen-bond acceptors (Lipinski definition) is 4. The summed E-state index contributed by atoms with van der Waals surface area (Å²) in [7, 11) is 4.03. The minimum absolute atomic E-state index is 0.0600. The van der Waals surface area contributed by atoms with Gasteiger partial charge in [-0.05, 0) is 39.1 Å². The van der Waals surface area contributed by atoms with Gasteiger partial charge in [-0.2, -0.15) is 0 Å². The van der Waals surface area contributed by atoms with Gasteiger partial charge in [0, 0.05) is 44.2 Å². The van der Waals surface area contributed by atoms with Crippen LogP contribution in [0.25, 0.3) is 0 Å². The topological polar surface area (TPSA) is 45.7 Å². The summed E-state index contributed by atoms with van der Waals surface area (Å²) in [6.45, 7) is 3.06. The second-order valence-electron chi connectivity index (χ2n) is 5.43. The Hall–Kier alpha value is -1.46. The van der Waals surface area contributed by atoms with E-state index in [0.29, 0.717) is 18.7 Å². The van der Waals surface area contributed by atoms with Gasteiger partial charge in [0.1, 0.15) is 0 Å². The van der Waals surface area contributed by atoms with Crippen LogP contribution in [-0.4, -0.2) is 67.1 Å². The second kappa shape index (κ2) is 7.36. The molecular formula is C15H23N3O2. The standard InChI is InChI=1S/C15H23N3O2/c1-17(2)9-10-18(12-14-4-3-11-20-14)15(19)13-5-7-16-8-6-13/h5-8,14H,3-4,9-12H2,1-2H3/t14-/m1/s1. The maximum absolute atomic E-state index is 12.6. The maximum Gasteiger partial charge on any atom is 0.254 e. The highest BCUT2D eigenvalue weighted by Crippen LogP contribution is 2.15. The number of pyridine rings is 1. The average molecular weight is 277 g/mol. The number of ether oxygens (including phenoxy) is 1. The molecule has 0 unspecified atom stereocenters. The van der Waals surface area contributed by atoms with E-state index in [-0.39, 0.29) is 12.0 Å². The molecule has 0 aromatic carbocycles. The number of likely N-dealkylation sites (N-methyl/N-ethyl adjacent to an activating group) is 1. The zero-order valence-corrected chi connectivity index (χ0v) is 12.3. The minimum atomic E-state index is 0.0600. The van der Waals surface area contributed by atoms with Crippen molar-refractivity contribution in [1.29, 1.82) is 0 Å². The van der Waals surface area contributed by atoms with E-state index in [4.69, 9.17) is 4.74 Å². The van der Waals surface area contributed by atoms with Crippen LogP contribution in [0.2, 0.25) is 0 Å². The van der Waals surface area contributed by atoms with Gasteiger partial charge >= 0.3 is 0 Å². The van der Waals surface area contributed by atoms with Crippen molar-refractivity contribution < 1.29 is 9.53 Å². The van der Waals surface area contributed by atoms with Crippen LogP contribution in [0.15, 0.2) is 24.5 Å². The van der Waals surface area contributed by atoms with Gasteiger partial charge in [0.05, 0.1) is 6.10 Å². The van der Waals surface area contributed by atoms with Crippen LogP contribution < -0.4 is 0 Å². The fourth-order valence-corrected chi connectivity index (χ4v) is 2.31. The Morgan fingerprint density at radius 1 is 1.35 bits per heavy atom. The Labute approximate surface area is 120 Å². The van der Waals surface area contributed by atoms with E-state index in [9.17, 15) is 4.79 Å². The third-order valence-electron chi connectivity index (χ3n) is 3.48. The molecule has 0 saturated carbocycles. The highest BCUT2D eigenvalue weighted by molar-refractivity contribution is 5.94. The van der Waals surface area contributed by atoms with Crippen molar-refractivity contribution in [2.45, 2.75) is 18.9 Å². The predicted molar refractivity (Wildman–Crippen MR) is 77.7 cm³/mol. The number of aromatic nitrogens is 1. The highest BCUT2D eigenvalue weighted by atomic mass is 16.5. The van der Waals surface area contributed by atoms with E-state index in [1.54, 1.807) is 24.5 Å². The van der Waals surface area contributed by atoms with Crippen LogP contribution in [0.5, 0.6) is 0 Å². The van der Waals surface area contributed by atoms with Crippen molar-refractivity contribution in [2.75, 3.05) is 40.3 Å². The van der Waals surface area contributed by atoms with Gasteiger partial charge in [0.25, 0.3) is 5.91 Å². The van der Waals surface area contributed by atoms with E-state index in [2.05, 4.69) is 9.88 Å². The number of carbonyl (C=O) groups is 1. The molecule has 1 aliphatic rings. The first-order valence-corrected chi connectivity index (χ1v) is 7.12. The number of rotatable bonds is 6. The lowest BCUT2D eigenvalue weighted by atomic mass is 10.2. The Morgan fingerprint density at radius 2 is 2.10 bits per heavy atom. The minimum Gasteiger partial charge on any atom is -0.376 e. The number of nitrogens with zero attached hydrogens (tertiary/aromatic N) is 3. The van der Waals surface area contributed by atoms with Crippen LogP contribution >= 0.6 is 0 Å². The first-order chi connectivity index (χ1) is 9.66. The van der Waals surface area contributed by atoms with Crippen molar-refractivity contribution in [1.82, 2.24) is 14.8 Å². The fraction of sp³-hybridized carbons (Fsp3) is 0.600. The van der Waals surface area contributed by atoms with E-state index in [0.717, 1.165) is 26.0 Å². The molecule has 5 heteroatoms. The maximum atomic E-state index is 12.6. The largest absolute Gasteiger partial charge is 0.376 e. The van der Waals surface area contributed by atoms with Gasteiger partial charge in [-0.3, -0.25) is 9.78 Å². The molecule has 1 aromatic rings. The molecule has 0 N–H and O–H groups in total. The Kier molecular flexibility index (Phi) is 5.49. The number of hydrogen-bond donors (Lipinski definition) is 0. The summed E-state index contributed by atoms with van der Waals surface area (Å²) in [6, 6.07) is 3.53. The van der Waals surface area contributed by atoms with Gasteiger partial charge in [0.2, 0.25) is 0 Å². The Bertz CT molecular complexity index is 416. The summed E-state index contributed by atoms with van der Waals surface area (Å²) in [5, 5.41) is 0. The second-order valence-corrected chi connectivity index (χ2v) is 5.43. The summed E-state index contributed by atoms with van der Waals surface area (Å²) < 4.78 is 5.66. The molecule has 0 radical (unpaired) electrons. The molecule has 20 heavy (non-hydrogen) atoms. The molecular weight excluding hydrogens is 254 g/mol. The van der Waals surface area contributed by atoms with Crippen molar-refractivity contribution in [3.8, 4) is 0 Å². The average Bonchev–Trinajstić information content (AvgIpc) is 2.96. The van der Waals surface area contributed by atoms with E-state index in [1.165, 1.54) is 0 Å². The quantitative estimate of drug-likeness (QED) is 0.785. The molecule has 0 aliphatic carbocycles. The summed E-state index contributed by atoms with van der Waals surface area (Å²) in [6.07, 6.45) is 5.63. The molecule has 2 rings (SSSR count). The lowest BCUT2D eigenvalue weighted by Crippen LogP contribution is -2.41. The van der Waals surface area contributed by atoms with Crippen LogP contribution in [-0.2, 0) is 4.74 Å². The van der Waals surface area contributed by atoms with Crippen molar-refractivity contribution in [2.24, 2.45) is 0 Å². The van der Waals surface area contributed by atoms with Gasteiger partial charge in [-0.25, -0.2) is 0 Å². The molecule has 1 aliphatic heterocycles. The van der Waals surface area contributed by atoms with Crippen LogP contribution in [0.3, 0.4) is 0 Å². The molecule has 1 aromatic heterocycles. The normalized spacial score (nSPS) is 18.4. The van der Waals surface area contributed by atoms with Gasteiger partial charge in [0.15, 0.2) is 0 Å². The molecule has 5 nitrogen and oxygen atoms in total. The fourth-order valence-electron chi connectivity index (χ4n) is 2.31. The molecule has 2 heterocycles. The highest BCUT2D eigenvalue weighted by Gasteiger charge is 2.23. The lowest BCUT2D eigenvalue weighted by Gasteiger charge is -2.27. The summed E-state index contributed by atoms with van der Waals surface area (Å²) in [5.41, 5.74) is 0.691. The van der Waals surface area contributed by atoms with Gasteiger partial charge in [-0.15, -0.1) is 0 Å². The predicted octanol–water partition coefficient (Wildman–Crippen LogP) is 1.26. The van der Waals surface area contributed by atoms with E-state index in [1.807, 2.05) is 19.0 Å². The molecule has 0 spiro atoms. The SMILES string of the molecule is CN(C)CCN(C[C@H]1CCCO1)C(=O)c1ccncc1. The zero-order chi connectivity index (χ0) is 14.4. The molecule has 1 amide bonds. The molecule has 1 atom stereocenters. The Morgan fingerprint density at radius 3 is 2.70 bits per heavy atom. The monoisotopic (exact) mass is 277 g/mol. The van der Waals surface area contributed by atoms with Crippen LogP contribution in [0.1, 0.15) is 23.2 Å². The Balaban J connectivity index is 2.02. The summed E-state index contributed by atoms with van der Waals surface area (Å²) >= 11 is 0. The summed E-state index contributed by atoms with van der Waals surface area (Å²) in [4.78, 5) is 20.5. The van der Waals surface area contributed by atoms with Crippen LogP contribution in [0, 0.1) is 0 Å². The summed E-state index contributed by atoms with van der Waals surface area (Å²) in [5.74, 6) is 0.0600. The third-order valence-corrected chi connectivity index (χ3v) is 3.48. The van der Waals surface area contributed by atoms with Crippen molar-refractivity contribution in [3.63, 3.8) is 0 Å². The zero-order valence-electron chi connectivity index (χ0n) is 12.3.